The smallest absolute Gasteiger partial charge is 0.328 e. The molecule has 0 aromatic carbocycles. The van der Waals surface area contributed by atoms with Gasteiger partial charge in [0.25, 0.3) is 0 Å². The Hall–Kier alpha value is -1.85. The van der Waals surface area contributed by atoms with Gasteiger partial charge in [0.05, 0.1) is 7.11 Å². The highest BCUT2D eigenvalue weighted by Gasteiger charge is 2.21. The summed E-state index contributed by atoms with van der Waals surface area (Å²) in [6.07, 6.45) is 3.43. The molecule has 118 valence electrons. The van der Waals surface area contributed by atoms with E-state index in [1.165, 1.54) is 7.11 Å². The van der Waals surface area contributed by atoms with Crippen molar-refractivity contribution < 1.29 is 9.53 Å². The largest absolute Gasteiger partial charge is 0.467 e. The van der Waals surface area contributed by atoms with E-state index in [0.717, 1.165) is 18.5 Å². The van der Waals surface area contributed by atoms with Gasteiger partial charge in [-0.25, -0.2) is 9.78 Å². The quantitative estimate of drug-likeness (QED) is 0.718. The summed E-state index contributed by atoms with van der Waals surface area (Å²) in [5, 5.41) is 6.32. The minimum Gasteiger partial charge on any atom is -0.467 e. The van der Waals surface area contributed by atoms with E-state index in [1.807, 2.05) is 6.92 Å². The predicted molar refractivity (Wildman–Crippen MR) is 84.4 cm³/mol. The van der Waals surface area contributed by atoms with Crippen LogP contribution < -0.4 is 10.6 Å². The number of nitrogens with one attached hydrogen (secondary N) is 2. The van der Waals surface area contributed by atoms with Gasteiger partial charge in [0.15, 0.2) is 0 Å². The summed E-state index contributed by atoms with van der Waals surface area (Å²) in [5.41, 5.74) is 0.898. The molecule has 6 heteroatoms. The Balaban J connectivity index is 2.88. The molecule has 1 heterocycles. The van der Waals surface area contributed by atoms with Crippen molar-refractivity contribution in [3.8, 4) is 0 Å². The highest BCUT2D eigenvalue weighted by atomic mass is 16.5. The normalized spacial score (nSPS) is 12.1. The first kappa shape index (κ1) is 17.2. The average molecular weight is 294 g/mol. The summed E-state index contributed by atoms with van der Waals surface area (Å²) in [7, 11) is 1.40. The van der Waals surface area contributed by atoms with Crippen molar-refractivity contribution in [2.24, 2.45) is 5.92 Å². The first-order chi connectivity index (χ1) is 9.97. The van der Waals surface area contributed by atoms with Crippen LogP contribution >= 0.6 is 0 Å². The third kappa shape index (κ3) is 5.57. The lowest BCUT2D eigenvalue weighted by Gasteiger charge is -2.20. The van der Waals surface area contributed by atoms with Crippen LogP contribution in [0.1, 0.15) is 39.2 Å². The lowest BCUT2D eigenvalue weighted by Crippen LogP contribution is -2.32. The minimum atomic E-state index is -0.400. The van der Waals surface area contributed by atoms with Crippen LogP contribution in [-0.2, 0) is 9.53 Å². The van der Waals surface area contributed by atoms with Crippen LogP contribution in [0.4, 0.5) is 11.8 Å². The maximum absolute atomic E-state index is 11.9. The fourth-order valence-electron chi connectivity index (χ4n) is 1.90. The summed E-state index contributed by atoms with van der Waals surface area (Å²) in [6.45, 7) is 8.94. The third-order valence-electron chi connectivity index (χ3n) is 3.01. The lowest BCUT2D eigenvalue weighted by molar-refractivity contribution is -0.141. The summed E-state index contributed by atoms with van der Waals surface area (Å²) < 4.78 is 4.86. The number of hydrogen-bond donors (Lipinski definition) is 2. The zero-order chi connectivity index (χ0) is 15.8. The van der Waals surface area contributed by atoms with Crippen LogP contribution in [0.3, 0.4) is 0 Å². The summed E-state index contributed by atoms with van der Waals surface area (Å²) in [6, 6.07) is -0.400. The van der Waals surface area contributed by atoms with E-state index in [9.17, 15) is 4.79 Å². The Bertz CT molecular complexity index is 463. The fourth-order valence-corrected chi connectivity index (χ4v) is 1.90. The molecule has 0 aliphatic heterocycles. The number of anilines is 2. The van der Waals surface area contributed by atoms with Crippen LogP contribution in [0.15, 0.2) is 6.20 Å². The molecule has 0 aliphatic carbocycles. The number of rotatable bonds is 8. The van der Waals surface area contributed by atoms with Crippen molar-refractivity contribution >= 4 is 17.7 Å². The molecule has 1 unspecified atom stereocenters. The van der Waals surface area contributed by atoms with Crippen LogP contribution in [0.5, 0.6) is 0 Å². The maximum atomic E-state index is 11.9. The molecule has 21 heavy (non-hydrogen) atoms. The monoisotopic (exact) mass is 294 g/mol. The molecule has 0 radical (unpaired) electrons. The van der Waals surface area contributed by atoms with Gasteiger partial charge in [-0.2, -0.15) is 4.98 Å². The third-order valence-corrected chi connectivity index (χ3v) is 3.01. The van der Waals surface area contributed by atoms with Gasteiger partial charge in [0.1, 0.15) is 11.9 Å². The Morgan fingerprint density at radius 3 is 2.71 bits per heavy atom. The Morgan fingerprint density at radius 2 is 2.14 bits per heavy atom. The SMILES string of the molecule is CCCNc1ncc(C)c(NC(CC(C)C)C(=O)OC)n1. The second-order valence-corrected chi connectivity index (χ2v) is 5.50. The number of carbonyl (C=O) groups is 1. The van der Waals surface area contributed by atoms with Crippen molar-refractivity contribution in [1.29, 1.82) is 0 Å². The van der Waals surface area contributed by atoms with Gasteiger partial charge in [-0.1, -0.05) is 20.8 Å². The maximum Gasteiger partial charge on any atom is 0.328 e. The molecule has 2 N–H and O–H groups in total. The van der Waals surface area contributed by atoms with E-state index >= 15 is 0 Å². The van der Waals surface area contributed by atoms with E-state index < -0.39 is 6.04 Å². The van der Waals surface area contributed by atoms with E-state index in [2.05, 4.69) is 41.4 Å². The lowest BCUT2D eigenvalue weighted by atomic mass is 10.0. The van der Waals surface area contributed by atoms with Gasteiger partial charge in [-0.15, -0.1) is 0 Å². The summed E-state index contributed by atoms with van der Waals surface area (Å²) in [5.74, 6) is 1.34. The highest BCUT2D eigenvalue weighted by Crippen LogP contribution is 2.17. The first-order valence-electron chi connectivity index (χ1n) is 7.39. The van der Waals surface area contributed by atoms with Crippen molar-refractivity contribution in [3.63, 3.8) is 0 Å². The average Bonchev–Trinajstić information content (AvgIpc) is 2.45. The standard InChI is InChI=1S/C15H26N4O2/c1-6-7-16-15-17-9-11(4)13(19-15)18-12(8-10(2)3)14(20)21-5/h9-10,12H,6-8H2,1-5H3,(H2,16,17,18,19). The van der Waals surface area contributed by atoms with E-state index in [0.29, 0.717) is 24.1 Å². The van der Waals surface area contributed by atoms with Crippen LogP contribution in [-0.4, -0.2) is 35.6 Å². The topological polar surface area (TPSA) is 76.1 Å². The molecule has 0 fully saturated rings. The molecule has 0 bridgehead atoms. The number of hydrogen-bond acceptors (Lipinski definition) is 6. The van der Waals surface area contributed by atoms with Crippen molar-refractivity contribution in [3.05, 3.63) is 11.8 Å². The predicted octanol–water partition coefficient (Wildman–Crippen LogP) is 2.61. The summed E-state index contributed by atoms with van der Waals surface area (Å²) >= 11 is 0. The Labute approximate surface area is 126 Å². The van der Waals surface area contributed by atoms with Gasteiger partial charge < -0.3 is 15.4 Å². The van der Waals surface area contributed by atoms with Crippen LogP contribution in [0, 0.1) is 12.8 Å². The van der Waals surface area contributed by atoms with Crippen LogP contribution in [0.2, 0.25) is 0 Å². The highest BCUT2D eigenvalue weighted by molar-refractivity contribution is 5.79. The first-order valence-corrected chi connectivity index (χ1v) is 7.39. The van der Waals surface area contributed by atoms with E-state index in [1.54, 1.807) is 6.20 Å². The number of esters is 1. The number of carbonyl (C=O) groups excluding carboxylic acids is 1. The van der Waals surface area contributed by atoms with Crippen molar-refractivity contribution in [1.82, 2.24) is 9.97 Å². The Kier molecular flexibility index (Phi) is 6.91. The minimum absolute atomic E-state index is 0.273. The van der Waals surface area contributed by atoms with Crippen LogP contribution in [0.25, 0.3) is 0 Å². The van der Waals surface area contributed by atoms with Gasteiger partial charge in [-0.05, 0) is 25.7 Å². The molecule has 0 saturated heterocycles. The van der Waals surface area contributed by atoms with Crippen molar-refractivity contribution in [2.75, 3.05) is 24.3 Å². The number of nitrogens with zero attached hydrogens (tertiary/aromatic N) is 2. The number of ether oxygens (including phenoxy) is 1. The molecule has 0 saturated carbocycles. The second-order valence-electron chi connectivity index (χ2n) is 5.50. The molecule has 1 aromatic heterocycles. The summed E-state index contributed by atoms with van der Waals surface area (Å²) in [4.78, 5) is 20.5. The zero-order valence-electron chi connectivity index (χ0n) is 13.6. The molecule has 1 rings (SSSR count). The van der Waals surface area contributed by atoms with Gasteiger partial charge in [0.2, 0.25) is 5.95 Å². The van der Waals surface area contributed by atoms with Gasteiger partial charge in [-0.3, -0.25) is 0 Å². The number of methoxy groups -OCH3 is 1. The molecule has 1 aromatic rings. The molecule has 0 spiro atoms. The molecule has 0 amide bonds. The molecule has 0 aliphatic rings. The van der Waals surface area contributed by atoms with Gasteiger partial charge >= 0.3 is 5.97 Å². The Morgan fingerprint density at radius 1 is 1.43 bits per heavy atom. The molecular weight excluding hydrogens is 268 g/mol. The second kappa shape index (κ2) is 8.44. The molecule has 1 atom stereocenters. The van der Waals surface area contributed by atoms with E-state index in [4.69, 9.17) is 4.74 Å². The van der Waals surface area contributed by atoms with Crippen molar-refractivity contribution in [2.45, 2.75) is 46.6 Å². The zero-order valence-corrected chi connectivity index (χ0v) is 13.6. The number of aryl methyl sites for hydroxylation is 1. The van der Waals surface area contributed by atoms with Gasteiger partial charge in [0, 0.05) is 18.3 Å². The van der Waals surface area contributed by atoms with E-state index in [-0.39, 0.29) is 5.97 Å². The number of aromatic nitrogens is 2. The fraction of sp³-hybridized carbons (Fsp3) is 0.667. The molecular formula is C15H26N4O2. The molecule has 6 nitrogen and oxygen atoms in total.